The molecule has 1 aromatic carbocycles. The minimum absolute atomic E-state index is 0.188. The molecule has 1 heterocycles. The van der Waals surface area contributed by atoms with Gasteiger partial charge in [0.15, 0.2) is 0 Å². The van der Waals surface area contributed by atoms with Crippen molar-refractivity contribution >= 4 is 27.9 Å². The van der Waals surface area contributed by atoms with Crippen molar-refractivity contribution in [3.05, 3.63) is 34.3 Å². The molecule has 2 rings (SSSR count). The van der Waals surface area contributed by atoms with Crippen LogP contribution in [0.3, 0.4) is 0 Å². The summed E-state index contributed by atoms with van der Waals surface area (Å²) in [6, 6.07) is 7.87. The standard InChI is InChI=1S/C14H16BrNO3/c1-14(2,10-4-3-5-11(15)8-10)9-12(17)16-6-7-19-13(16)18/h3-5,8H,6-7,9H2,1-2H3. The van der Waals surface area contributed by atoms with E-state index in [1.807, 2.05) is 38.1 Å². The highest BCUT2D eigenvalue weighted by Gasteiger charge is 2.33. The first-order chi connectivity index (χ1) is 8.90. The van der Waals surface area contributed by atoms with E-state index in [0.717, 1.165) is 10.0 Å². The first-order valence-corrected chi connectivity index (χ1v) is 6.92. The number of hydrogen-bond donors (Lipinski definition) is 0. The maximum absolute atomic E-state index is 12.1. The molecule has 102 valence electrons. The summed E-state index contributed by atoms with van der Waals surface area (Å²) >= 11 is 3.43. The summed E-state index contributed by atoms with van der Waals surface area (Å²) in [6.45, 7) is 4.64. The normalized spacial score (nSPS) is 15.5. The molecule has 1 saturated heterocycles. The van der Waals surface area contributed by atoms with Crippen LogP contribution in [0.2, 0.25) is 0 Å². The van der Waals surface area contributed by atoms with E-state index in [2.05, 4.69) is 15.9 Å². The lowest BCUT2D eigenvalue weighted by Crippen LogP contribution is -2.36. The van der Waals surface area contributed by atoms with Gasteiger partial charge in [0, 0.05) is 10.9 Å². The monoisotopic (exact) mass is 325 g/mol. The second kappa shape index (κ2) is 5.33. The highest BCUT2D eigenvalue weighted by atomic mass is 79.9. The molecule has 5 heteroatoms. The number of benzene rings is 1. The van der Waals surface area contributed by atoms with E-state index in [9.17, 15) is 9.59 Å². The summed E-state index contributed by atoms with van der Waals surface area (Å²) in [5.41, 5.74) is 0.729. The Labute approximate surface area is 120 Å². The molecule has 0 bridgehead atoms. The lowest BCUT2D eigenvalue weighted by Gasteiger charge is -2.26. The molecule has 19 heavy (non-hydrogen) atoms. The largest absolute Gasteiger partial charge is 0.447 e. The van der Waals surface area contributed by atoms with Gasteiger partial charge in [-0.3, -0.25) is 4.79 Å². The fourth-order valence-corrected chi connectivity index (χ4v) is 2.50. The maximum Gasteiger partial charge on any atom is 0.416 e. The van der Waals surface area contributed by atoms with E-state index >= 15 is 0 Å². The number of imide groups is 1. The molecule has 0 radical (unpaired) electrons. The average Bonchev–Trinajstić information content (AvgIpc) is 2.75. The summed E-state index contributed by atoms with van der Waals surface area (Å²) in [7, 11) is 0. The Morgan fingerprint density at radius 3 is 2.79 bits per heavy atom. The minimum Gasteiger partial charge on any atom is -0.447 e. The summed E-state index contributed by atoms with van der Waals surface area (Å²) in [4.78, 5) is 24.7. The fraction of sp³-hybridized carbons (Fsp3) is 0.429. The zero-order valence-electron chi connectivity index (χ0n) is 11.0. The number of carbonyl (C=O) groups is 2. The Hall–Kier alpha value is -1.36. The quantitative estimate of drug-likeness (QED) is 0.857. The third-order valence-electron chi connectivity index (χ3n) is 3.26. The van der Waals surface area contributed by atoms with Gasteiger partial charge in [0.05, 0.1) is 6.54 Å². The molecule has 2 amide bonds. The number of halogens is 1. The lowest BCUT2D eigenvalue weighted by atomic mass is 9.81. The smallest absolute Gasteiger partial charge is 0.416 e. The minimum atomic E-state index is -0.532. The molecular formula is C14H16BrNO3. The van der Waals surface area contributed by atoms with Crippen molar-refractivity contribution in [3.8, 4) is 0 Å². The van der Waals surface area contributed by atoms with Crippen molar-refractivity contribution in [2.75, 3.05) is 13.2 Å². The summed E-state index contributed by atoms with van der Waals surface area (Å²) in [6.07, 6.45) is -0.256. The molecule has 1 aliphatic rings. The summed E-state index contributed by atoms with van der Waals surface area (Å²) < 4.78 is 5.76. The van der Waals surface area contributed by atoms with Crippen LogP contribution in [0.4, 0.5) is 4.79 Å². The van der Waals surface area contributed by atoms with Gasteiger partial charge >= 0.3 is 6.09 Å². The van der Waals surface area contributed by atoms with Crippen LogP contribution in [0.1, 0.15) is 25.8 Å². The first-order valence-electron chi connectivity index (χ1n) is 6.13. The number of hydrogen-bond acceptors (Lipinski definition) is 3. The van der Waals surface area contributed by atoms with Gasteiger partial charge in [0.1, 0.15) is 6.61 Å². The van der Waals surface area contributed by atoms with Gasteiger partial charge in [0.25, 0.3) is 0 Å². The number of amides is 2. The van der Waals surface area contributed by atoms with Crippen molar-refractivity contribution < 1.29 is 14.3 Å². The lowest BCUT2D eigenvalue weighted by molar-refractivity contribution is -0.128. The van der Waals surface area contributed by atoms with Gasteiger partial charge in [-0.05, 0) is 23.1 Å². The third kappa shape index (κ3) is 3.15. The molecular weight excluding hydrogens is 310 g/mol. The molecule has 1 fully saturated rings. The van der Waals surface area contributed by atoms with Crippen LogP contribution in [0, 0.1) is 0 Å². The van der Waals surface area contributed by atoms with Crippen molar-refractivity contribution in [2.45, 2.75) is 25.7 Å². The average molecular weight is 326 g/mol. The number of cyclic esters (lactones) is 1. The molecule has 0 N–H and O–H groups in total. The summed E-state index contributed by atoms with van der Waals surface area (Å²) in [5.74, 6) is -0.188. The maximum atomic E-state index is 12.1. The number of rotatable bonds is 3. The topological polar surface area (TPSA) is 46.6 Å². The van der Waals surface area contributed by atoms with Gasteiger partial charge in [0.2, 0.25) is 5.91 Å². The van der Waals surface area contributed by atoms with E-state index in [4.69, 9.17) is 4.74 Å². The second-order valence-corrected chi connectivity index (χ2v) is 6.15. The van der Waals surface area contributed by atoms with Crippen LogP contribution < -0.4 is 0 Å². The SMILES string of the molecule is CC(C)(CC(=O)N1CCOC1=O)c1cccc(Br)c1. The van der Waals surface area contributed by atoms with Gasteiger partial charge in [-0.1, -0.05) is 41.9 Å². The molecule has 0 saturated carbocycles. The van der Waals surface area contributed by atoms with E-state index in [1.54, 1.807) is 0 Å². The number of carbonyl (C=O) groups excluding carboxylic acids is 2. The van der Waals surface area contributed by atoms with Crippen molar-refractivity contribution in [1.82, 2.24) is 4.90 Å². The highest BCUT2D eigenvalue weighted by molar-refractivity contribution is 9.10. The van der Waals surface area contributed by atoms with Crippen LogP contribution in [-0.2, 0) is 14.9 Å². The zero-order valence-corrected chi connectivity index (χ0v) is 12.6. The molecule has 0 atom stereocenters. The molecule has 0 aromatic heterocycles. The van der Waals surface area contributed by atoms with Crippen LogP contribution >= 0.6 is 15.9 Å². The Balaban J connectivity index is 2.12. The molecule has 0 unspecified atom stereocenters. The van der Waals surface area contributed by atoms with Crippen LogP contribution in [-0.4, -0.2) is 30.1 Å². The number of ether oxygens (including phenoxy) is 1. The third-order valence-corrected chi connectivity index (χ3v) is 3.75. The van der Waals surface area contributed by atoms with Gasteiger partial charge in [-0.15, -0.1) is 0 Å². The van der Waals surface area contributed by atoms with E-state index in [1.165, 1.54) is 4.90 Å². The number of nitrogens with zero attached hydrogens (tertiary/aromatic N) is 1. The Kier molecular flexibility index (Phi) is 3.94. The first kappa shape index (κ1) is 14.1. The zero-order chi connectivity index (χ0) is 14.0. The van der Waals surface area contributed by atoms with Gasteiger partial charge in [-0.2, -0.15) is 0 Å². The Morgan fingerprint density at radius 1 is 1.47 bits per heavy atom. The van der Waals surface area contributed by atoms with Crippen molar-refractivity contribution in [1.29, 1.82) is 0 Å². The molecule has 1 aliphatic heterocycles. The Morgan fingerprint density at radius 2 is 2.21 bits per heavy atom. The fourth-order valence-electron chi connectivity index (χ4n) is 2.10. The van der Waals surface area contributed by atoms with Crippen LogP contribution in [0.5, 0.6) is 0 Å². The predicted molar refractivity (Wildman–Crippen MR) is 74.8 cm³/mol. The van der Waals surface area contributed by atoms with E-state index in [-0.39, 0.29) is 17.7 Å². The highest BCUT2D eigenvalue weighted by Crippen LogP contribution is 2.30. The predicted octanol–water partition coefficient (Wildman–Crippen LogP) is 3.10. The van der Waals surface area contributed by atoms with E-state index in [0.29, 0.717) is 13.2 Å². The molecule has 1 aromatic rings. The molecule has 0 aliphatic carbocycles. The van der Waals surface area contributed by atoms with Crippen molar-refractivity contribution in [3.63, 3.8) is 0 Å². The molecule has 4 nitrogen and oxygen atoms in total. The Bertz CT molecular complexity index is 513. The summed E-state index contributed by atoms with van der Waals surface area (Å²) in [5, 5.41) is 0. The van der Waals surface area contributed by atoms with E-state index < -0.39 is 6.09 Å². The van der Waals surface area contributed by atoms with Gasteiger partial charge in [-0.25, -0.2) is 9.69 Å². The van der Waals surface area contributed by atoms with Gasteiger partial charge < -0.3 is 4.74 Å². The van der Waals surface area contributed by atoms with Crippen molar-refractivity contribution in [2.24, 2.45) is 0 Å². The second-order valence-electron chi connectivity index (χ2n) is 5.23. The van der Waals surface area contributed by atoms with Crippen LogP contribution in [0.25, 0.3) is 0 Å². The molecule has 0 spiro atoms. The van der Waals surface area contributed by atoms with Crippen LogP contribution in [0.15, 0.2) is 28.7 Å².